The highest BCUT2D eigenvalue weighted by atomic mass is 16.1. The third-order valence-corrected chi connectivity index (χ3v) is 6.16. The molecule has 2 aliphatic rings. The first-order valence-corrected chi connectivity index (χ1v) is 7.68. The van der Waals surface area contributed by atoms with Crippen molar-refractivity contribution < 1.29 is 4.79 Å². The lowest BCUT2D eigenvalue weighted by Gasteiger charge is -2.56. The van der Waals surface area contributed by atoms with Gasteiger partial charge < -0.3 is 0 Å². The van der Waals surface area contributed by atoms with Gasteiger partial charge in [0, 0.05) is 0 Å². The van der Waals surface area contributed by atoms with Crippen molar-refractivity contribution in [2.45, 2.75) is 60.3 Å². The van der Waals surface area contributed by atoms with Gasteiger partial charge in [-0.25, -0.2) is 0 Å². The first kappa shape index (κ1) is 14.6. The van der Waals surface area contributed by atoms with Crippen LogP contribution in [-0.2, 0) is 4.79 Å². The zero-order chi connectivity index (χ0) is 14.3. The molecule has 0 spiro atoms. The van der Waals surface area contributed by atoms with E-state index in [2.05, 4.69) is 39.8 Å². The first-order chi connectivity index (χ1) is 8.80. The SMILES string of the molecule is CC(=O)/C=C/[C@@]1(C)[C@H](C)CC[C@@]2(C)C(C)=CCC[C@@H]12. The predicted octanol–water partition coefficient (Wildman–Crippen LogP) is 4.93. The fourth-order valence-electron chi connectivity index (χ4n) is 4.41. The fraction of sp³-hybridized carbons (Fsp3) is 0.722. The molecule has 106 valence electrons. The summed E-state index contributed by atoms with van der Waals surface area (Å²) in [6.07, 6.45) is 11.5. The van der Waals surface area contributed by atoms with Gasteiger partial charge in [-0.1, -0.05) is 38.5 Å². The number of carbonyl (C=O) groups is 1. The molecule has 0 amide bonds. The van der Waals surface area contributed by atoms with Crippen molar-refractivity contribution in [3.05, 3.63) is 23.8 Å². The van der Waals surface area contributed by atoms with Gasteiger partial charge in [-0.2, -0.15) is 0 Å². The van der Waals surface area contributed by atoms with Crippen LogP contribution in [0.2, 0.25) is 0 Å². The summed E-state index contributed by atoms with van der Waals surface area (Å²) in [6.45, 7) is 11.1. The Hall–Kier alpha value is -0.850. The van der Waals surface area contributed by atoms with Gasteiger partial charge in [-0.3, -0.25) is 4.79 Å². The summed E-state index contributed by atoms with van der Waals surface area (Å²) in [5, 5.41) is 0. The molecule has 0 saturated heterocycles. The number of allylic oxidation sites excluding steroid dienone is 4. The van der Waals surface area contributed by atoms with Crippen LogP contribution in [0.25, 0.3) is 0 Å². The van der Waals surface area contributed by atoms with E-state index < -0.39 is 0 Å². The van der Waals surface area contributed by atoms with Gasteiger partial charge in [0.1, 0.15) is 0 Å². The maximum atomic E-state index is 11.3. The molecule has 0 bridgehead atoms. The molecule has 0 aromatic heterocycles. The van der Waals surface area contributed by atoms with Crippen LogP contribution in [0.1, 0.15) is 60.3 Å². The number of hydrogen-bond acceptors (Lipinski definition) is 1. The second-order valence-electron chi connectivity index (χ2n) is 7.18. The highest BCUT2D eigenvalue weighted by Crippen LogP contribution is 2.60. The van der Waals surface area contributed by atoms with Gasteiger partial charge in [0.15, 0.2) is 5.78 Å². The molecule has 0 N–H and O–H groups in total. The Morgan fingerprint density at radius 1 is 1.37 bits per heavy atom. The number of hydrogen-bond donors (Lipinski definition) is 0. The average molecular weight is 260 g/mol. The third kappa shape index (κ3) is 2.32. The Bertz CT molecular complexity index is 431. The predicted molar refractivity (Wildman–Crippen MR) is 80.9 cm³/mol. The topological polar surface area (TPSA) is 17.1 Å². The minimum atomic E-state index is 0.161. The standard InChI is InChI=1S/C18H28O/c1-13-7-6-8-16-17(13,4)11-9-14(2)18(16,5)12-10-15(3)19/h7,10,12,14,16H,6,8-9,11H2,1-5H3/b12-10+/t14-,16-,17+,18+/m1/s1. The molecule has 0 aliphatic heterocycles. The molecule has 0 heterocycles. The Labute approximate surface area is 118 Å². The van der Waals surface area contributed by atoms with E-state index in [1.807, 2.05) is 0 Å². The number of fused-ring (bicyclic) bond motifs is 1. The molecule has 1 heteroatoms. The molecule has 19 heavy (non-hydrogen) atoms. The molecule has 0 radical (unpaired) electrons. The zero-order valence-electron chi connectivity index (χ0n) is 13.1. The monoisotopic (exact) mass is 260 g/mol. The molecule has 1 fully saturated rings. The Kier molecular flexibility index (Phi) is 3.77. The van der Waals surface area contributed by atoms with Crippen LogP contribution in [0.4, 0.5) is 0 Å². The molecular weight excluding hydrogens is 232 g/mol. The van der Waals surface area contributed by atoms with Crippen molar-refractivity contribution >= 4 is 5.78 Å². The lowest BCUT2D eigenvalue weighted by atomic mass is 9.48. The summed E-state index contributed by atoms with van der Waals surface area (Å²) in [5.41, 5.74) is 2.06. The number of carbonyl (C=O) groups excluding carboxylic acids is 1. The lowest BCUT2D eigenvalue weighted by molar-refractivity contribution is -0.112. The van der Waals surface area contributed by atoms with E-state index in [4.69, 9.17) is 0 Å². The fourth-order valence-corrected chi connectivity index (χ4v) is 4.41. The second-order valence-corrected chi connectivity index (χ2v) is 7.18. The smallest absolute Gasteiger partial charge is 0.152 e. The van der Waals surface area contributed by atoms with Crippen molar-refractivity contribution in [1.29, 1.82) is 0 Å². The van der Waals surface area contributed by atoms with E-state index >= 15 is 0 Å². The van der Waals surface area contributed by atoms with Crippen molar-refractivity contribution in [1.82, 2.24) is 0 Å². The van der Waals surface area contributed by atoms with Gasteiger partial charge in [0.25, 0.3) is 0 Å². The molecule has 0 unspecified atom stereocenters. The molecule has 2 aliphatic carbocycles. The molecule has 4 atom stereocenters. The van der Waals surface area contributed by atoms with Crippen LogP contribution in [0.3, 0.4) is 0 Å². The van der Waals surface area contributed by atoms with E-state index in [0.717, 1.165) is 0 Å². The minimum Gasteiger partial charge on any atom is -0.295 e. The molecule has 1 saturated carbocycles. The van der Waals surface area contributed by atoms with Gasteiger partial charge >= 0.3 is 0 Å². The highest BCUT2D eigenvalue weighted by molar-refractivity contribution is 5.87. The first-order valence-electron chi connectivity index (χ1n) is 7.68. The lowest BCUT2D eigenvalue weighted by Crippen LogP contribution is -2.48. The molecular formula is C18H28O. The van der Waals surface area contributed by atoms with Crippen molar-refractivity contribution in [2.24, 2.45) is 22.7 Å². The maximum absolute atomic E-state index is 11.3. The van der Waals surface area contributed by atoms with Crippen LogP contribution in [-0.4, -0.2) is 5.78 Å². The van der Waals surface area contributed by atoms with Crippen molar-refractivity contribution in [3.8, 4) is 0 Å². The molecule has 2 rings (SSSR count). The van der Waals surface area contributed by atoms with Gasteiger partial charge in [0.05, 0.1) is 0 Å². The van der Waals surface area contributed by atoms with E-state index in [9.17, 15) is 4.79 Å². The zero-order valence-corrected chi connectivity index (χ0v) is 13.1. The van der Waals surface area contributed by atoms with E-state index in [1.54, 1.807) is 18.6 Å². The summed E-state index contributed by atoms with van der Waals surface area (Å²) in [5.74, 6) is 1.50. The summed E-state index contributed by atoms with van der Waals surface area (Å²) in [4.78, 5) is 11.3. The molecule has 0 aromatic rings. The Balaban J connectivity index is 2.41. The Morgan fingerprint density at radius 3 is 2.68 bits per heavy atom. The van der Waals surface area contributed by atoms with Crippen molar-refractivity contribution in [3.63, 3.8) is 0 Å². The number of rotatable bonds is 2. The van der Waals surface area contributed by atoms with E-state index in [0.29, 0.717) is 17.3 Å². The van der Waals surface area contributed by atoms with Crippen LogP contribution < -0.4 is 0 Å². The van der Waals surface area contributed by atoms with E-state index in [1.165, 1.54) is 25.7 Å². The van der Waals surface area contributed by atoms with Crippen molar-refractivity contribution in [2.75, 3.05) is 0 Å². The van der Waals surface area contributed by atoms with Gasteiger partial charge in [-0.15, -0.1) is 0 Å². The minimum absolute atomic E-state index is 0.161. The van der Waals surface area contributed by atoms with Gasteiger partial charge in [-0.05, 0) is 68.3 Å². The average Bonchev–Trinajstić information content (AvgIpc) is 2.35. The summed E-state index contributed by atoms with van der Waals surface area (Å²) >= 11 is 0. The molecule has 1 nitrogen and oxygen atoms in total. The van der Waals surface area contributed by atoms with E-state index in [-0.39, 0.29) is 11.2 Å². The molecule has 0 aromatic carbocycles. The summed E-state index contributed by atoms with van der Waals surface area (Å²) < 4.78 is 0. The second kappa shape index (κ2) is 4.92. The summed E-state index contributed by atoms with van der Waals surface area (Å²) in [6, 6.07) is 0. The highest BCUT2D eigenvalue weighted by Gasteiger charge is 2.52. The van der Waals surface area contributed by atoms with Crippen LogP contribution >= 0.6 is 0 Å². The third-order valence-electron chi connectivity index (χ3n) is 6.16. The van der Waals surface area contributed by atoms with Crippen LogP contribution in [0.15, 0.2) is 23.8 Å². The normalized spacial score (nSPS) is 42.9. The maximum Gasteiger partial charge on any atom is 0.152 e. The van der Waals surface area contributed by atoms with Crippen LogP contribution in [0, 0.1) is 22.7 Å². The summed E-state index contributed by atoms with van der Waals surface area (Å²) in [7, 11) is 0. The number of ketones is 1. The quantitative estimate of drug-likeness (QED) is 0.508. The largest absolute Gasteiger partial charge is 0.295 e. The van der Waals surface area contributed by atoms with Crippen LogP contribution in [0.5, 0.6) is 0 Å². The Morgan fingerprint density at radius 2 is 2.05 bits per heavy atom. The van der Waals surface area contributed by atoms with Gasteiger partial charge in [0.2, 0.25) is 0 Å².